The fraction of sp³-hybridized carbons (Fsp3) is 0.444. The maximum absolute atomic E-state index is 12.8. The summed E-state index contributed by atoms with van der Waals surface area (Å²) in [7, 11) is 0. The van der Waals surface area contributed by atoms with Crippen molar-refractivity contribution in [3.05, 3.63) is 50.9 Å². The van der Waals surface area contributed by atoms with E-state index in [0.29, 0.717) is 6.54 Å². The highest BCUT2D eigenvalue weighted by atomic mass is 32.1. The zero-order chi connectivity index (χ0) is 17.4. The van der Waals surface area contributed by atoms with Gasteiger partial charge in [-0.05, 0) is 13.0 Å². The minimum absolute atomic E-state index is 0.0989. The number of hydrogen-bond donors (Lipinski definition) is 0. The molecule has 0 aliphatic carbocycles. The molecule has 0 radical (unpaired) electrons. The summed E-state index contributed by atoms with van der Waals surface area (Å²) >= 11 is 1.60. The summed E-state index contributed by atoms with van der Waals surface area (Å²) < 4.78 is 1.85. The summed E-state index contributed by atoms with van der Waals surface area (Å²) in [5, 5.41) is 0.753. The monoisotopic (exact) mass is 355 g/mol. The molecule has 130 valence electrons. The van der Waals surface area contributed by atoms with E-state index in [4.69, 9.17) is 4.98 Å². The third kappa shape index (κ3) is 3.21. The lowest BCUT2D eigenvalue weighted by molar-refractivity contribution is 0.270. The van der Waals surface area contributed by atoms with Gasteiger partial charge in [0.15, 0.2) is 0 Å². The number of aryl methyl sites for hydroxylation is 2. The van der Waals surface area contributed by atoms with Gasteiger partial charge in [-0.25, -0.2) is 15.0 Å². The quantitative estimate of drug-likeness (QED) is 0.720. The summed E-state index contributed by atoms with van der Waals surface area (Å²) in [5.41, 5.74) is 1.21. The van der Waals surface area contributed by atoms with E-state index in [1.54, 1.807) is 11.3 Å². The van der Waals surface area contributed by atoms with Crippen LogP contribution in [0.3, 0.4) is 0 Å². The van der Waals surface area contributed by atoms with E-state index in [1.165, 1.54) is 0 Å². The van der Waals surface area contributed by atoms with E-state index < -0.39 is 0 Å². The van der Waals surface area contributed by atoms with Crippen LogP contribution in [0.25, 0.3) is 10.2 Å². The van der Waals surface area contributed by atoms with E-state index in [1.807, 2.05) is 30.0 Å². The smallest absolute Gasteiger partial charge is 0.262 e. The number of rotatable bonds is 3. The topological polar surface area (TPSA) is 63.9 Å². The highest BCUT2D eigenvalue weighted by Crippen LogP contribution is 2.21. The molecule has 1 aliphatic rings. The van der Waals surface area contributed by atoms with Crippen LogP contribution in [0.2, 0.25) is 0 Å². The first-order chi connectivity index (χ1) is 12.1. The normalized spacial score (nSPS) is 15.3. The first kappa shape index (κ1) is 16.4. The van der Waals surface area contributed by atoms with Crippen LogP contribution in [0, 0.1) is 6.92 Å². The summed E-state index contributed by atoms with van der Waals surface area (Å²) in [6, 6.07) is 1.96. The van der Waals surface area contributed by atoms with Crippen molar-refractivity contribution in [3.8, 4) is 0 Å². The van der Waals surface area contributed by atoms with Crippen molar-refractivity contribution in [1.29, 1.82) is 0 Å². The number of fused-ring (bicyclic) bond motifs is 2. The molecule has 7 heteroatoms. The molecule has 0 spiro atoms. The standard InChI is InChI=1S/C18H21N5OS/c1-3-15-19-9-13(10-20-15)11-22-5-4-16-21-17-14(8-12(2)25-17)18(24)23(16)7-6-22/h8-10H,3-7,11H2,1-2H3. The van der Waals surface area contributed by atoms with Gasteiger partial charge in [0.05, 0.1) is 5.39 Å². The van der Waals surface area contributed by atoms with Crippen LogP contribution in [-0.2, 0) is 25.9 Å². The van der Waals surface area contributed by atoms with Crippen LogP contribution < -0.4 is 5.56 Å². The Kier molecular flexibility index (Phi) is 4.35. The fourth-order valence-electron chi connectivity index (χ4n) is 3.27. The zero-order valence-electron chi connectivity index (χ0n) is 14.5. The Balaban J connectivity index is 1.55. The van der Waals surface area contributed by atoms with Crippen molar-refractivity contribution in [2.45, 2.75) is 39.8 Å². The molecule has 0 aromatic carbocycles. The Morgan fingerprint density at radius 1 is 1.20 bits per heavy atom. The zero-order valence-corrected chi connectivity index (χ0v) is 15.3. The summed E-state index contributed by atoms with van der Waals surface area (Å²) in [4.78, 5) is 30.6. The van der Waals surface area contributed by atoms with Crippen LogP contribution >= 0.6 is 11.3 Å². The van der Waals surface area contributed by atoms with E-state index in [0.717, 1.165) is 64.8 Å². The van der Waals surface area contributed by atoms with Gasteiger partial charge in [-0.3, -0.25) is 14.3 Å². The lowest BCUT2D eigenvalue weighted by Gasteiger charge is -2.18. The number of thiophene rings is 1. The Morgan fingerprint density at radius 3 is 2.76 bits per heavy atom. The molecular formula is C18H21N5OS. The van der Waals surface area contributed by atoms with E-state index >= 15 is 0 Å². The van der Waals surface area contributed by atoms with E-state index in [2.05, 4.69) is 21.8 Å². The molecular weight excluding hydrogens is 334 g/mol. The maximum atomic E-state index is 12.8. The van der Waals surface area contributed by atoms with Crippen LogP contribution in [0.4, 0.5) is 0 Å². The van der Waals surface area contributed by atoms with Crippen molar-refractivity contribution in [2.75, 3.05) is 13.1 Å². The van der Waals surface area contributed by atoms with Crippen molar-refractivity contribution < 1.29 is 0 Å². The van der Waals surface area contributed by atoms with Crippen molar-refractivity contribution in [1.82, 2.24) is 24.4 Å². The van der Waals surface area contributed by atoms with Gasteiger partial charge in [-0.2, -0.15) is 0 Å². The Morgan fingerprint density at radius 2 is 2.00 bits per heavy atom. The molecule has 0 N–H and O–H groups in total. The van der Waals surface area contributed by atoms with Gasteiger partial charge in [0, 0.05) is 61.9 Å². The number of aromatic nitrogens is 4. The maximum Gasteiger partial charge on any atom is 0.262 e. The average Bonchev–Trinajstić information content (AvgIpc) is 2.87. The van der Waals surface area contributed by atoms with Gasteiger partial charge in [0.2, 0.25) is 0 Å². The molecule has 25 heavy (non-hydrogen) atoms. The van der Waals surface area contributed by atoms with Crippen LogP contribution in [0.15, 0.2) is 23.3 Å². The second-order valence-corrected chi connectivity index (χ2v) is 7.68. The van der Waals surface area contributed by atoms with E-state index in [9.17, 15) is 4.79 Å². The Hall–Kier alpha value is -2.12. The lowest BCUT2D eigenvalue weighted by Crippen LogP contribution is -2.28. The lowest BCUT2D eigenvalue weighted by atomic mass is 10.3. The van der Waals surface area contributed by atoms with Crippen molar-refractivity contribution in [3.63, 3.8) is 0 Å². The molecule has 1 aliphatic heterocycles. The molecule has 0 unspecified atom stereocenters. The van der Waals surface area contributed by atoms with Crippen molar-refractivity contribution >= 4 is 21.6 Å². The van der Waals surface area contributed by atoms with Crippen LogP contribution in [-0.4, -0.2) is 37.5 Å². The summed E-state index contributed by atoms with van der Waals surface area (Å²) in [5.74, 6) is 1.78. The third-order valence-corrected chi connectivity index (χ3v) is 5.57. The molecule has 0 amide bonds. The van der Waals surface area contributed by atoms with Crippen LogP contribution in [0.1, 0.15) is 29.0 Å². The average molecular weight is 355 g/mol. The molecule has 3 aromatic rings. The second kappa shape index (κ2) is 6.65. The number of nitrogens with zero attached hydrogens (tertiary/aromatic N) is 5. The second-order valence-electron chi connectivity index (χ2n) is 6.45. The van der Waals surface area contributed by atoms with Gasteiger partial charge in [0.25, 0.3) is 5.56 Å². The fourth-order valence-corrected chi connectivity index (χ4v) is 4.16. The highest BCUT2D eigenvalue weighted by Gasteiger charge is 2.19. The minimum Gasteiger partial charge on any atom is -0.297 e. The Bertz CT molecular complexity index is 960. The van der Waals surface area contributed by atoms with E-state index in [-0.39, 0.29) is 5.56 Å². The molecule has 6 nitrogen and oxygen atoms in total. The SMILES string of the molecule is CCc1ncc(CN2CCc3nc4sc(C)cc4c(=O)n3CC2)cn1. The summed E-state index contributed by atoms with van der Waals surface area (Å²) in [6.07, 6.45) is 5.46. The molecule has 0 atom stereocenters. The third-order valence-electron chi connectivity index (χ3n) is 4.63. The van der Waals surface area contributed by atoms with Gasteiger partial charge in [-0.15, -0.1) is 11.3 Å². The van der Waals surface area contributed by atoms with Gasteiger partial charge in [-0.1, -0.05) is 6.92 Å². The predicted octanol–water partition coefficient (Wildman–Crippen LogP) is 2.18. The van der Waals surface area contributed by atoms with Gasteiger partial charge >= 0.3 is 0 Å². The largest absolute Gasteiger partial charge is 0.297 e. The molecule has 3 aromatic heterocycles. The minimum atomic E-state index is 0.0989. The molecule has 0 saturated heterocycles. The molecule has 4 heterocycles. The molecule has 0 fully saturated rings. The van der Waals surface area contributed by atoms with Crippen molar-refractivity contribution in [2.24, 2.45) is 0 Å². The first-order valence-corrected chi connectivity index (χ1v) is 9.47. The highest BCUT2D eigenvalue weighted by molar-refractivity contribution is 7.18. The number of hydrogen-bond acceptors (Lipinski definition) is 6. The van der Waals surface area contributed by atoms with Gasteiger partial charge in [0.1, 0.15) is 16.5 Å². The molecule has 0 bridgehead atoms. The summed E-state index contributed by atoms with van der Waals surface area (Å²) in [6.45, 7) is 7.28. The van der Waals surface area contributed by atoms with Gasteiger partial charge < -0.3 is 0 Å². The first-order valence-electron chi connectivity index (χ1n) is 8.66. The predicted molar refractivity (Wildman–Crippen MR) is 99.0 cm³/mol. The van der Waals surface area contributed by atoms with Crippen LogP contribution in [0.5, 0.6) is 0 Å². The molecule has 0 saturated carbocycles. The molecule has 4 rings (SSSR count). The Labute approximate surface area is 150 Å².